The lowest BCUT2D eigenvalue weighted by molar-refractivity contribution is 0.776. The van der Waals surface area contributed by atoms with Crippen molar-refractivity contribution in [3.05, 3.63) is 46.9 Å². The van der Waals surface area contributed by atoms with E-state index in [0.29, 0.717) is 11.7 Å². The van der Waals surface area contributed by atoms with Crippen LogP contribution in [0.2, 0.25) is 5.28 Å². The van der Waals surface area contributed by atoms with Gasteiger partial charge in [0.15, 0.2) is 5.82 Å². The lowest BCUT2D eigenvalue weighted by Gasteiger charge is -2.25. The fourth-order valence-electron chi connectivity index (χ4n) is 2.30. The van der Waals surface area contributed by atoms with Gasteiger partial charge in [-0.3, -0.25) is 0 Å². The second-order valence-electron chi connectivity index (χ2n) is 5.16. The lowest BCUT2D eigenvalue weighted by atomic mass is 10.2. The van der Waals surface area contributed by atoms with E-state index in [-0.39, 0.29) is 5.28 Å². The average molecular weight is 289 g/mol. The zero-order valence-electron chi connectivity index (χ0n) is 11.4. The summed E-state index contributed by atoms with van der Waals surface area (Å²) in [6.07, 6.45) is 2.35. The van der Waals surface area contributed by atoms with Gasteiger partial charge in [0.25, 0.3) is 0 Å². The van der Waals surface area contributed by atoms with Crippen molar-refractivity contribution in [3.63, 3.8) is 0 Å². The average Bonchev–Trinajstić information content (AvgIpc) is 3.26. The summed E-state index contributed by atoms with van der Waals surface area (Å²) in [5.74, 6) is 0.758. The molecule has 0 amide bonds. The van der Waals surface area contributed by atoms with Gasteiger partial charge in [-0.2, -0.15) is 4.98 Å². The molecule has 0 saturated heterocycles. The molecule has 0 radical (unpaired) electrons. The predicted molar refractivity (Wildman–Crippen MR) is 81.8 cm³/mol. The second kappa shape index (κ2) is 5.29. The van der Waals surface area contributed by atoms with Gasteiger partial charge >= 0.3 is 0 Å². The van der Waals surface area contributed by atoms with Gasteiger partial charge in [0, 0.05) is 12.6 Å². The molecular formula is C15H17ClN4. The first-order valence-corrected chi connectivity index (χ1v) is 7.13. The Morgan fingerprint density at radius 3 is 2.60 bits per heavy atom. The number of hydrogen-bond donors (Lipinski definition) is 1. The Labute approximate surface area is 123 Å². The van der Waals surface area contributed by atoms with Crippen LogP contribution in [0.1, 0.15) is 24.1 Å². The van der Waals surface area contributed by atoms with Crippen LogP contribution in [-0.2, 0) is 6.54 Å². The maximum absolute atomic E-state index is 6.15. The molecule has 0 atom stereocenters. The molecule has 0 aliphatic heterocycles. The van der Waals surface area contributed by atoms with Gasteiger partial charge in [0.2, 0.25) is 5.28 Å². The van der Waals surface area contributed by atoms with E-state index in [4.69, 9.17) is 17.3 Å². The Morgan fingerprint density at radius 2 is 1.95 bits per heavy atom. The van der Waals surface area contributed by atoms with Crippen molar-refractivity contribution in [1.29, 1.82) is 0 Å². The van der Waals surface area contributed by atoms with Gasteiger partial charge in [-0.15, -0.1) is 0 Å². The van der Waals surface area contributed by atoms with Gasteiger partial charge in [-0.25, -0.2) is 4.98 Å². The highest BCUT2D eigenvalue weighted by molar-refractivity contribution is 6.28. The number of nitrogens with zero attached hydrogens (tertiary/aromatic N) is 3. The summed E-state index contributed by atoms with van der Waals surface area (Å²) in [5, 5.41) is 0.255. The van der Waals surface area contributed by atoms with E-state index in [9.17, 15) is 0 Å². The van der Waals surface area contributed by atoms with Gasteiger partial charge in [-0.1, -0.05) is 30.3 Å². The minimum atomic E-state index is 0.255. The van der Waals surface area contributed by atoms with E-state index in [1.54, 1.807) is 0 Å². The third-order valence-corrected chi connectivity index (χ3v) is 3.71. The number of anilines is 2. The first kappa shape index (κ1) is 13.2. The van der Waals surface area contributed by atoms with Crippen LogP contribution in [0.25, 0.3) is 0 Å². The molecule has 4 nitrogen and oxygen atoms in total. The Bertz CT molecular complexity index is 611. The van der Waals surface area contributed by atoms with E-state index >= 15 is 0 Å². The monoisotopic (exact) mass is 288 g/mol. The summed E-state index contributed by atoms with van der Waals surface area (Å²) in [7, 11) is 0. The summed E-state index contributed by atoms with van der Waals surface area (Å²) >= 11 is 5.99. The molecule has 1 saturated carbocycles. The maximum atomic E-state index is 6.15. The van der Waals surface area contributed by atoms with Crippen LogP contribution in [-0.4, -0.2) is 16.0 Å². The molecule has 20 heavy (non-hydrogen) atoms. The fraction of sp³-hybridized carbons (Fsp3) is 0.333. The summed E-state index contributed by atoms with van der Waals surface area (Å²) < 4.78 is 0. The first-order chi connectivity index (χ1) is 9.65. The number of hydrogen-bond acceptors (Lipinski definition) is 4. The summed E-state index contributed by atoms with van der Waals surface area (Å²) in [4.78, 5) is 10.7. The van der Waals surface area contributed by atoms with Crippen molar-refractivity contribution in [2.45, 2.75) is 32.4 Å². The molecule has 1 aromatic heterocycles. The zero-order valence-corrected chi connectivity index (χ0v) is 12.1. The zero-order chi connectivity index (χ0) is 14.1. The lowest BCUT2D eigenvalue weighted by Crippen LogP contribution is -2.27. The van der Waals surface area contributed by atoms with Gasteiger partial charge in [0.05, 0.1) is 11.4 Å². The minimum absolute atomic E-state index is 0.255. The van der Waals surface area contributed by atoms with Crippen LogP contribution in [0.15, 0.2) is 30.3 Å². The Hall–Kier alpha value is -1.81. The number of nitrogen functional groups attached to an aromatic ring is 1. The normalized spacial score (nSPS) is 14.3. The molecule has 1 aromatic carbocycles. The van der Waals surface area contributed by atoms with Crippen molar-refractivity contribution < 1.29 is 0 Å². The van der Waals surface area contributed by atoms with Gasteiger partial charge in [-0.05, 0) is 36.9 Å². The van der Waals surface area contributed by atoms with E-state index in [2.05, 4.69) is 27.0 Å². The van der Waals surface area contributed by atoms with Crippen molar-refractivity contribution in [2.24, 2.45) is 0 Å². The van der Waals surface area contributed by atoms with E-state index in [1.165, 1.54) is 18.4 Å². The molecule has 5 heteroatoms. The molecule has 104 valence electrons. The van der Waals surface area contributed by atoms with Crippen molar-refractivity contribution >= 4 is 23.1 Å². The molecule has 2 N–H and O–H groups in total. The van der Waals surface area contributed by atoms with E-state index in [1.807, 2.05) is 25.1 Å². The van der Waals surface area contributed by atoms with Crippen LogP contribution < -0.4 is 10.6 Å². The van der Waals surface area contributed by atoms with E-state index in [0.717, 1.165) is 18.1 Å². The van der Waals surface area contributed by atoms with E-state index < -0.39 is 0 Å². The summed E-state index contributed by atoms with van der Waals surface area (Å²) in [6, 6.07) is 10.8. The molecule has 3 rings (SSSR count). The fourth-order valence-corrected chi connectivity index (χ4v) is 2.50. The van der Waals surface area contributed by atoms with Crippen LogP contribution in [0.3, 0.4) is 0 Å². The summed E-state index contributed by atoms with van der Waals surface area (Å²) in [5.41, 5.74) is 8.75. The number of benzene rings is 1. The van der Waals surface area contributed by atoms with Crippen LogP contribution in [0, 0.1) is 6.92 Å². The Morgan fingerprint density at radius 1 is 1.25 bits per heavy atom. The molecule has 1 aliphatic carbocycles. The highest BCUT2D eigenvalue weighted by atomic mass is 35.5. The number of nitrogens with two attached hydrogens (primary N) is 1. The Balaban J connectivity index is 1.95. The molecule has 0 unspecified atom stereocenters. The maximum Gasteiger partial charge on any atom is 0.224 e. The van der Waals surface area contributed by atoms with Crippen LogP contribution in [0.4, 0.5) is 11.5 Å². The Kier molecular flexibility index (Phi) is 3.49. The molecule has 0 bridgehead atoms. The number of aromatic nitrogens is 2. The number of rotatable bonds is 4. The molecule has 2 aromatic rings. The SMILES string of the molecule is Cc1nc(Cl)nc(N(Cc2ccccc2)C2CC2)c1N. The second-order valence-corrected chi connectivity index (χ2v) is 5.50. The van der Waals surface area contributed by atoms with Gasteiger partial charge in [0.1, 0.15) is 0 Å². The predicted octanol–water partition coefficient (Wildman–Crippen LogP) is 3.19. The van der Waals surface area contributed by atoms with Crippen LogP contribution >= 0.6 is 11.6 Å². The molecule has 1 aliphatic rings. The third kappa shape index (κ3) is 2.70. The number of halogens is 1. The van der Waals surface area contributed by atoms with Crippen molar-refractivity contribution in [1.82, 2.24) is 9.97 Å². The third-order valence-electron chi connectivity index (χ3n) is 3.54. The largest absolute Gasteiger partial charge is 0.394 e. The molecule has 1 heterocycles. The highest BCUT2D eigenvalue weighted by Gasteiger charge is 2.31. The first-order valence-electron chi connectivity index (χ1n) is 6.75. The molecular weight excluding hydrogens is 272 g/mol. The topological polar surface area (TPSA) is 55.0 Å². The smallest absolute Gasteiger partial charge is 0.224 e. The van der Waals surface area contributed by atoms with Gasteiger partial charge < -0.3 is 10.6 Å². The van der Waals surface area contributed by atoms with Crippen molar-refractivity contribution in [2.75, 3.05) is 10.6 Å². The molecule has 1 fully saturated rings. The highest BCUT2D eigenvalue weighted by Crippen LogP contribution is 2.36. The summed E-state index contributed by atoms with van der Waals surface area (Å²) in [6.45, 7) is 2.66. The standard InChI is InChI=1S/C15H17ClN4/c1-10-13(17)14(19-15(16)18-10)20(12-7-8-12)9-11-5-3-2-4-6-11/h2-6,12H,7-9,17H2,1H3. The minimum Gasteiger partial charge on any atom is -0.394 e. The number of aryl methyl sites for hydroxylation is 1. The quantitative estimate of drug-likeness (QED) is 0.878. The van der Waals surface area contributed by atoms with Crippen LogP contribution in [0.5, 0.6) is 0 Å². The van der Waals surface area contributed by atoms with Crippen molar-refractivity contribution in [3.8, 4) is 0 Å². The molecule has 0 spiro atoms.